The minimum Gasteiger partial charge on any atom is -0.378 e. The minimum atomic E-state index is -3.41. The molecule has 0 bridgehead atoms. The molecular formula is C24H43N3O8S3. The summed E-state index contributed by atoms with van der Waals surface area (Å²) in [7, 11) is -6.72. The van der Waals surface area contributed by atoms with Gasteiger partial charge in [0.05, 0.1) is 55.8 Å². The van der Waals surface area contributed by atoms with Crippen molar-refractivity contribution in [1.82, 2.24) is 15.5 Å². The largest absolute Gasteiger partial charge is 0.378 e. The molecule has 0 spiro atoms. The van der Waals surface area contributed by atoms with Gasteiger partial charge in [0.25, 0.3) is 0 Å². The van der Waals surface area contributed by atoms with Gasteiger partial charge in [0.1, 0.15) is 0 Å². The smallest absolute Gasteiger partial charge is 0.315 e. The molecule has 0 saturated carbocycles. The third kappa shape index (κ3) is 11.4. The SMILES string of the molecule is C=CS(=O)(=O)CCOCCOCCS(=O)(=O)CCN(C(=O)CCCC[C@@H]1SC[C@@H]2NC(=O)N[C@@H]21)C(C)CC. The van der Waals surface area contributed by atoms with Gasteiger partial charge in [-0.05, 0) is 26.2 Å². The van der Waals surface area contributed by atoms with Crippen molar-refractivity contribution in [2.75, 3.05) is 56.0 Å². The summed E-state index contributed by atoms with van der Waals surface area (Å²) in [5.41, 5.74) is 0. The molecule has 220 valence electrons. The van der Waals surface area contributed by atoms with E-state index in [1.165, 1.54) is 0 Å². The Morgan fingerprint density at radius 3 is 2.45 bits per heavy atom. The van der Waals surface area contributed by atoms with Crippen LogP contribution >= 0.6 is 11.8 Å². The number of amides is 3. The van der Waals surface area contributed by atoms with E-state index < -0.39 is 19.7 Å². The van der Waals surface area contributed by atoms with Crippen molar-refractivity contribution in [3.63, 3.8) is 0 Å². The average Bonchev–Trinajstić information content (AvgIpc) is 3.42. The van der Waals surface area contributed by atoms with E-state index in [1.807, 2.05) is 25.6 Å². The lowest BCUT2D eigenvalue weighted by atomic mass is 10.0. The number of carbonyl (C=O) groups is 2. The Morgan fingerprint density at radius 1 is 1.11 bits per heavy atom. The molecule has 2 heterocycles. The first-order chi connectivity index (χ1) is 18.0. The quantitative estimate of drug-likeness (QED) is 0.157. The number of ether oxygens (including phenoxy) is 2. The summed E-state index contributed by atoms with van der Waals surface area (Å²) in [6.07, 6.45) is 3.64. The first-order valence-corrected chi connectivity index (χ1v) is 17.8. The van der Waals surface area contributed by atoms with E-state index in [2.05, 4.69) is 17.2 Å². The number of thioether (sulfide) groups is 1. The number of rotatable bonds is 20. The first kappa shape index (κ1) is 32.9. The normalized spacial score (nSPS) is 21.9. The van der Waals surface area contributed by atoms with Crippen LogP contribution in [0.1, 0.15) is 46.0 Å². The van der Waals surface area contributed by atoms with E-state index in [4.69, 9.17) is 9.47 Å². The number of carbonyl (C=O) groups excluding carboxylic acids is 2. The Kier molecular flexibility index (Phi) is 13.9. The van der Waals surface area contributed by atoms with Crippen LogP contribution in [0.15, 0.2) is 12.0 Å². The van der Waals surface area contributed by atoms with Crippen LogP contribution in [-0.4, -0.2) is 113 Å². The first-order valence-electron chi connectivity index (χ1n) is 13.2. The highest BCUT2D eigenvalue weighted by Gasteiger charge is 2.42. The standard InChI is InChI=1S/C24H43N3O8S3/c1-4-19(3)27(22(28)9-7-6-8-21-23-20(18-36-21)25-24(29)26-23)10-15-38(32,33)17-14-35-12-11-34-13-16-37(30,31)5-2/h5,19-21,23H,2,4,6-18H2,1,3H3,(H2,25,26,29)/t19?,20-,21-,23-/m0/s1. The van der Waals surface area contributed by atoms with E-state index >= 15 is 0 Å². The van der Waals surface area contributed by atoms with Crippen molar-refractivity contribution >= 4 is 43.4 Å². The summed E-state index contributed by atoms with van der Waals surface area (Å²) in [4.78, 5) is 26.1. The number of hydrogen-bond acceptors (Lipinski definition) is 9. The maximum Gasteiger partial charge on any atom is 0.315 e. The molecule has 0 radical (unpaired) electrons. The van der Waals surface area contributed by atoms with Gasteiger partial charge in [0, 0.05) is 35.4 Å². The van der Waals surface area contributed by atoms with Gasteiger partial charge < -0.3 is 25.0 Å². The van der Waals surface area contributed by atoms with Crippen molar-refractivity contribution in [2.45, 2.75) is 69.3 Å². The zero-order valence-electron chi connectivity index (χ0n) is 22.4. The maximum absolute atomic E-state index is 12.9. The molecule has 0 aromatic heterocycles. The van der Waals surface area contributed by atoms with Gasteiger partial charge in [-0.15, -0.1) is 0 Å². The van der Waals surface area contributed by atoms with Crippen molar-refractivity contribution < 1.29 is 35.9 Å². The Balaban J connectivity index is 1.64. The highest BCUT2D eigenvalue weighted by atomic mass is 32.2. The fourth-order valence-corrected chi connectivity index (χ4v) is 7.44. The molecule has 38 heavy (non-hydrogen) atoms. The van der Waals surface area contributed by atoms with Gasteiger partial charge in [-0.25, -0.2) is 21.6 Å². The second-order valence-electron chi connectivity index (χ2n) is 9.62. The molecule has 0 aromatic rings. The fraction of sp³-hybridized carbons (Fsp3) is 0.833. The highest BCUT2D eigenvalue weighted by molar-refractivity contribution is 8.00. The van der Waals surface area contributed by atoms with E-state index in [-0.39, 0.29) is 80.3 Å². The van der Waals surface area contributed by atoms with E-state index in [0.29, 0.717) is 11.7 Å². The summed E-state index contributed by atoms with van der Waals surface area (Å²) < 4.78 is 58.1. The summed E-state index contributed by atoms with van der Waals surface area (Å²) in [6.45, 7) is 7.62. The molecule has 1 unspecified atom stereocenters. The van der Waals surface area contributed by atoms with Crippen LogP contribution in [0.5, 0.6) is 0 Å². The molecule has 11 nitrogen and oxygen atoms in total. The topological polar surface area (TPSA) is 148 Å². The van der Waals surface area contributed by atoms with E-state index in [1.54, 1.807) is 4.90 Å². The summed E-state index contributed by atoms with van der Waals surface area (Å²) >= 11 is 1.85. The molecule has 2 saturated heterocycles. The van der Waals surface area contributed by atoms with E-state index in [0.717, 1.165) is 36.8 Å². The van der Waals surface area contributed by atoms with Gasteiger partial charge in [0.2, 0.25) is 5.91 Å². The van der Waals surface area contributed by atoms with Crippen LogP contribution < -0.4 is 10.6 Å². The maximum atomic E-state index is 12.9. The lowest BCUT2D eigenvalue weighted by molar-refractivity contribution is -0.133. The highest BCUT2D eigenvalue weighted by Crippen LogP contribution is 2.33. The second kappa shape index (κ2) is 16.0. The molecule has 0 aromatic carbocycles. The van der Waals surface area contributed by atoms with Gasteiger partial charge in [-0.3, -0.25) is 4.79 Å². The molecule has 0 aliphatic carbocycles. The van der Waals surface area contributed by atoms with Crippen LogP contribution in [0.2, 0.25) is 0 Å². The second-order valence-corrected chi connectivity index (χ2v) is 15.3. The van der Waals surface area contributed by atoms with Crippen molar-refractivity contribution in [3.8, 4) is 0 Å². The number of fused-ring (bicyclic) bond motifs is 1. The van der Waals surface area contributed by atoms with E-state index in [9.17, 15) is 26.4 Å². The van der Waals surface area contributed by atoms with Crippen LogP contribution in [-0.2, 0) is 33.9 Å². The third-order valence-corrected chi connectivity index (χ3v) is 11.2. The zero-order valence-corrected chi connectivity index (χ0v) is 24.9. The van der Waals surface area contributed by atoms with Crippen LogP contribution in [0, 0.1) is 0 Å². The van der Waals surface area contributed by atoms with Gasteiger partial charge >= 0.3 is 6.03 Å². The number of nitrogens with zero attached hydrogens (tertiary/aromatic N) is 1. The number of urea groups is 1. The fourth-order valence-electron chi connectivity index (χ4n) is 4.33. The zero-order chi connectivity index (χ0) is 28.2. The molecule has 14 heteroatoms. The number of sulfone groups is 2. The summed E-state index contributed by atoms with van der Waals surface area (Å²) in [6, 6.07) is 0.188. The molecule has 3 amide bonds. The Bertz CT molecular complexity index is 990. The van der Waals surface area contributed by atoms with Gasteiger partial charge in [-0.1, -0.05) is 19.9 Å². The molecular weight excluding hydrogens is 554 g/mol. The van der Waals surface area contributed by atoms with Crippen molar-refractivity contribution in [1.29, 1.82) is 0 Å². The molecule has 4 atom stereocenters. The molecule has 2 rings (SSSR count). The number of hydrogen-bond donors (Lipinski definition) is 2. The Morgan fingerprint density at radius 2 is 1.79 bits per heavy atom. The molecule has 2 N–H and O–H groups in total. The van der Waals surface area contributed by atoms with Crippen molar-refractivity contribution in [2.24, 2.45) is 0 Å². The summed E-state index contributed by atoms with van der Waals surface area (Å²) in [5.74, 6) is 0.428. The minimum absolute atomic E-state index is 0.00489. The van der Waals surface area contributed by atoms with Crippen molar-refractivity contribution in [3.05, 3.63) is 12.0 Å². The van der Waals surface area contributed by atoms with Crippen LogP contribution in [0.25, 0.3) is 0 Å². The average molecular weight is 598 g/mol. The predicted molar refractivity (Wildman–Crippen MR) is 150 cm³/mol. The predicted octanol–water partition coefficient (Wildman–Crippen LogP) is 1.35. The Labute approximate surface area is 231 Å². The van der Waals surface area contributed by atoms with Gasteiger partial charge in [0.15, 0.2) is 19.7 Å². The molecule has 2 fully saturated rings. The van der Waals surface area contributed by atoms with Crippen LogP contribution in [0.4, 0.5) is 4.79 Å². The molecule has 2 aliphatic heterocycles. The van der Waals surface area contributed by atoms with Crippen LogP contribution in [0.3, 0.4) is 0 Å². The lowest BCUT2D eigenvalue weighted by Crippen LogP contribution is -2.41. The number of unbranched alkanes of at least 4 members (excludes halogenated alkanes) is 1. The lowest BCUT2D eigenvalue weighted by Gasteiger charge is -2.29. The summed E-state index contributed by atoms with van der Waals surface area (Å²) in [5, 5.41) is 7.15. The Hall–Kier alpha value is -1.35. The molecule has 2 aliphatic rings. The van der Waals surface area contributed by atoms with Gasteiger partial charge in [-0.2, -0.15) is 11.8 Å². The monoisotopic (exact) mass is 597 g/mol. The number of nitrogens with one attached hydrogen (secondary N) is 2. The third-order valence-electron chi connectivity index (χ3n) is 6.83.